The van der Waals surface area contributed by atoms with E-state index < -0.39 is 12.1 Å². The first-order valence-electron chi connectivity index (χ1n) is 9.51. The molecule has 1 unspecified atom stereocenters. The lowest BCUT2D eigenvalue weighted by Gasteiger charge is -2.16. The van der Waals surface area contributed by atoms with Crippen LogP contribution in [-0.2, 0) is 14.3 Å². The third kappa shape index (κ3) is 15.6. The first-order valence-corrected chi connectivity index (χ1v) is 9.51. The lowest BCUT2D eigenvalue weighted by atomic mass is 10.1. The van der Waals surface area contributed by atoms with Gasteiger partial charge in [0, 0.05) is 6.42 Å². The highest BCUT2D eigenvalue weighted by Crippen LogP contribution is 2.14. The molecule has 136 valence electrons. The SMILES string of the molecule is CCCCCCCCC(=O)OC(CCCCCCC)CC(=O)O. The number of aliphatic carboxylic acids is 1. The van der Waals surface area contributed by atoms with E-state index in [0.29, 0.717) is 12.8 Å². The minimum absolute atomic E-state index is 0.0734. The number of rotatable bonds is 16. The number of hydrogen-bond acceptors (Lipinski definition) is 3. The number of carboxylic acids is 1. The fraction of sp³-hybridized carbons (Fsp3) is 0.895. The molecule has 0 amide bonds. The molecule has 0 aromatic rings. The minimum atomic E-state index is -0.893. The fourth-order valence-electron chi connectivity index (χ4n) is 2.67. The van der Waals surface area contributed by atoms with Crippen LogP contribution in [0.25, 0.3) is 0 Å². The number of ether oxygens (including phenoxy) is 1. The molecule has 0 aliphatic carbocycles. The van der Waals surface area contributed by atoms with E-state index >= 15 is 0 Å². The number of carboxylic acid groups (broad SMARTS) is 1. The van der Waals surface area contributed by atoms with Crippen molar-refractivity contribution in [2.75, 3.05) is 0 Å². The van der Waals surface area contributed by atoms with Crippen LogP contribution in [0, 0.1) is 0 Å². The molecule has 4 nitrogen and oxygen atoms in total. The van der Waals surface area contributed by atoms with Gasteiger partial charge in [-0.1, -0.05) is 71.6 Å². The summed E-state index contributed by atoms with van der Waals surface area (Å²) in [5, 5.41) is 8.94. The van der Waals surface area contributed by atoms with E-state index in [-0.39, 0.29) is 12.4 Å². The first-order chi connectivity index (χ1) is 11.1. The van der Waals surface area contributed by atoms with Gasteiger partial charge in [-0.25, -0.2) is 0 Å². The maximum absolute atomic E-state index is 11.8. The summed E-state index contributed by atoms with van der Waals surface area (Å²) in [7, 11) is 0. The van der Waals surface area contributed by atoms with Crippen molar-refractivity contribution in [3.05, 3.63) is 0 Å². The van der Waals surface area contributed by atoms with Crippen LogP contribution in [0.5, 0.6) is 0 Å². The number of carbonyl (C=O) groups excluding carboxylic acids is 1. The molecule has 0 radical (unpaired) electrons. The molecule has 0 aliphatic heterocycles. The Kier molecular flexibility index (Phi) is 15.1. The zero-order valence-electron chi connectivity index (χ0n) is 15.1. The lowest BCUT2D eigenvalue weighted by Crippen LogP contribution is -2.21. The summed E-state index contributed by atoms with van der Waals surface area (Å²) in [5.41, 5.74) is 0. The number of carbonyl (C=O) groups is 2. The maximum Gasteiger partial charge on any atom is 0.307 e. The van der Waals surface area contributed by atoms with Gasteiger partial charge in [0.25, 0.3) is 0 Å². The molecule has 0 saturated heterocycles. The van der Waals surface area contributed by atoms with E-state index in [1.807, 2.05) is 0 Å². The topological polar surface area (TPSA) is 63.6 Å². The zero-order chi connectivity index (χ0) is 17.3. The van der Waals surface area contributed by atoms with Gasteiger partial charge >= 0.3 is 11.9 Å². The average molecular weight is 328 g/mol. The Morgan fingerprint density at radius 3 is 1.91 bits per heavy atom. The second kappa shape index (κ2) is 15.8. The third-order valence-corrected chi connectivity index (χ3v) is 4.06. The molecular weight excluding hydrogens is 292 g/mol. The predicted molar refractivity (Wildman–Crippen MR) is 93.5 cm³/mol. The second-order valence-electron chi connectivity index (χ2n) is 6.43. The number of hydrogen-bond donors (Lipinski definition) is 1. The molecule has 0 fully saturated rings. The Labute approximate surface area is 142 Å². The largest absolute Gasteiger partial charge is 0.481 e. The van der Waals surface area contributed by atoms with E-state index in [1.165, 1.54) is 38.5 Å². The van der Waals surface area contributed by atoms with Gasteiger partial charge in [0.05, 0.1) is 6.42 Å². The van der Waals surface area contributed by atoms with Crippen molar-refractivity contribution in [1.82, 2.24) is 0 Å². The highest BCUT2D eigenvalue weighted by atomic mass is 16.5. The average Bonchev–Trinajstić information content (AvgIpc) is 2.49. The van der Waals surface area contributed by atoms with Crippen molar-refractivity contribution >= 4 is 11.9 Å². The van der Waals surface area contributed by atoms with Crippen LogP contribution in [0.2, 0.25) is 0 Å². The summed E-state index contributed by atoms with van der Waals surface area (Å²) in [4.78, 5) is 22.7. The summed E-state index contributed by atoms with van der Waals surface area (Å²) >= 11 is 0. The number of esters is 1. The first kappa shape index (κ1) is 21.9. The van der Waals surface area contributed by atoms with Crippen molar-refractivity contribution in [1.29, 1.82) is 0 Å². The molecule has 0 aromatic heterocycles. The maximum atomic E-state index is 11.8. The van der Waals surface area contributed by atoms with Crippen LogP contribution >= 0.6 is 0 Å². The molecule has 0 heterocycles. The molecule has 0 aliphatic rings. The van der Waals surface area contributed by atoms with Gasteiger partial charge in [0.1, 0.15) is 6.10 Å². The van der Waals surface area contributed by atoms with Crippen LogP contribution in [0.1, 0.15) is 104 Å². The van der Waals surface area contributed by atoms with Crippen molar-refractivity contribution in [2.24, 2.45) is 0 Å². The molecule has 23 heavy (non-hydrogen) atoms. The van der Waals surface area contributed by atoms with Crippen LogP contribution in [0.4, 0.5) is 0 Å². The monoisotopic (exact) mass is 328 g/mol. The molecule has 0 saturated carbocycles. The van der Waals surface area contributed by atoms with Crippen molar-refractivity contribution in [2.45, 2.75) is 110 Å². The lowest BCUT2D eigenvalue weighted by molar-refractivity contribution is -0.153. The fourth-order valence-corrected chi connectivity index (χ4v) is 2.67. The van der Waals surface area contributed by atoms with Crippen LogP contribution < -0.4 is 0 Å². The molecule has 0 spiro atoms. The molecule has 0 rings (SSSR count). The Morgan fingerprint density at radius 2 is 1.35 bits per heavy atom. The second-order valence-corrected chi connectivity index (χ2v) is 6.43. The smallest absolute Gasteiger partial charge is 0.307 e. The Morgan fingerprint density at radius 1 is 0.826 bits per heavy atom. The molecule has 0 bridgehead atoms. The predicted octanol–water partition coefficient (Wildman–Crippen LogP) is 5.48. The van der Waals surface area contributed by atoms with E-state index in [4.69, 9.17) is 9.84 Å². The van der Waals surface area contributed by atoms with E-state index in [0.717, 1.165) is 32.1 Å². The highest BCUT2D eigenvalue weighted by molar-refractivity contribution is 5.71. The van der Waals surface area contributed by atoms with Gasteiger partial charge in [-0.15, -0.1) is 0 Å². The van der Waals surface area contributed by atoms with Crippen LogP contribution in [0.15, 0.2) is 0 Å². The molecule has 1 N–H and O–H groups in total. The molecule has 0 aromatic carbocycles. The van der Waals surface area contributed by atoms with E-state index in [1.54, 1.807) is 0 Å². The van der Waals surface area contributed by atoms with Gasteiger partial charge in [0.2, 0.25) is 0 Å². The summed E-state index contributed by atoms with van der Waals surface area (Å²) in [6.45, 7) is 4.35. The minimum Gasteiger partial charge on any atom is -0.481 e. The zero-order valence-corrected chi connectivity index (χ0v) is 15.1. The van der Waals surface area contributed by atoms with Gasteiger partial charge in [-0.3, -0.25) is 9.59 Å². The van der Waals surface area contributed by atoms with Crippen molar-refractivity contribution in [3.8, 4) is 0 Å². The summed E-state index contributed by atoms with van der Waals surface area (Å²) in [6.07, 6.45) is 12.9. The highest BCUT2D eigenvalue weighted by Gasteiger charge is 2.17. The van der Waals surface area contributed by atoms with Gasteiger partial charge in [-0.2, -0.15) is 0 Å². The van der Waals surface area contributed by atoms with E-state index in [2.05, 4.69) is 13.8 Å². The standard InChI is InChI=1S/C19H36O4/c1-3-5-7-9-11-13-15-19(22)23-17(16-18(20)21)14-12-10-8-6-4-2/h17H,3-16H2,1-2H3,(H,20,21). The Hall–Kier alpha value is -1.06. The Balaban J connectivity index is 3.87. The quantitative estimate of drug-likeness (QED) is 0.301. The number of unbranched alkanes of at least 4 members (excludes halogenated alkanes) is 9. The third-order valence-electron chi connectivity index (χ3n) is 4.06. The summed E-state index contributed by atoms with van der Waals surface area (Å²) < 4.78 is 5.38. The van der Waals surface area contributed by atoms with Crippen molar-refractivity contribution < 1.29 is 19.4 Å². The van der Waals surface area contributed by atoms with Gasteiger partial charge < -0.3 is 9.84 Å². The van der Waals surface area contributed by atoms with Crippen LogP contribution in [-0.4, -0.2) is 23.1 Å². The van der Waals surface area contributed by atoms with Gasteiger partial charge in [-0.05, 0) is 19.3 Å². The Bertz CT molecular complexity index is 302. The van der Waals surface area contributed by atoms with Gasteiger partial charge in [0.15, 0.2) is 0 Å². The van der Waals surface area contributed by atoms with Crippen molar-refractivity contribution in [3.63, 3.8) is 0 Å². The van der Waals surface area contributed by atoms with E-state index in [9.17, 15) is 9.59 Å². The molecule has 1 atom stereocenters. The van der Waals surface area contributed by atoms with Crippen LogP contribution in [0.3, 0.4) is 0 Å². The normalized spacial score (nSPS) is 12.1. The summed E-state index contributed by atoms with van der Waals surface area (Å²) in [5.74, 6) is -1.13. The molecule has 4 heteroatoms. The molecular formula is C19H36O4. The summed E-state index contributed by atoms with van der Waals surface area (Å²) in [6, 6.07) is 0.